The molecule has 0 radical (unpaired) electrons. The van der Waals surface area contributed by atoms with Crippen molar-refractivity contribution in [3.8, 4) is 0 Å². The van der Waals surface area contributed by atoms with E-state index in [0.29, 0.717) is 0 Å². The van der Waals surface area contributed by atoms with E-state index in [-0.39, 0.29) is 12.0 Å². The quantitative estimate of drug-likeness (QED) is 0.794. The predicted molar refractivity (Wildman–Crippen MR) is 66.3 cm³/mol. The van der Waals surface area contributed by atoms with Crippen LogP contribution in [0.15, 0.2) is 24.4 Å². The van der Waals surface area contributed by atoms with Gasteiger partial charge in [0.25, 0.3) is 0 Å². The van der Waals surface area contributed by atoms with E-state index in [1.54, 1.807) is 0 Å². The molecule has 0 fully saturated rings. The highest BCUT2D eigenvalue weighted by atomic mass is 16.3. The molecular weight excluding hydrogens is 200 g/mol. The van der Waals surface area contributed by atoms with Crippen molar-refractivity contribution in [3.63, 3.8) is 0 Å². The molecule has 0 amide bonds. The molecule has 0 bridgehead atoms. The SMILES string of the molecule is CN(CCc1ccccn1)CC(C)(C)CO. The Balaban J connectivity index is 2.33. The summed E-state index contributed by atoms with van der Waals surface area (Å²) in [7, 11) is 2.08. The normalized spacial score (nSPS) is 12.1. The first-order valence-corrected chi connectivity index (χ1v) is 5.73. The Morgan fingerprint density at radius 2 is 2.12 bits per heavy atom. The Bertz CT molecular complexity index is 298. The van der Waals surface area contributed by atoms with E-state index < -0.39 is 0 Å². The standard InChI is InChI=1S/C13H22N2O/c1-13(2,11-16)10-15(3)9-7-12-6-4-5-8-14-12/h4-6,8,16H,7,9-11H2,1-3H3. The number of rotatable bonds is 6. The van der Waals surface area contributed by atoms with E-state index in [9.17, 15) is 5.11 Å². The van der Waals surface area contributed by atoms with Crippen molar-refractivity contribution in [2.24, 2.45) is 5.41 Å². The van der Waals surface area contributed by atoms with E-state index in [1.165, 1.54) is 0 Å². The van der Waals surface area contributed by atoms with Crippen LogP contribution in [-0.4, -0.2) is 41.7 Å². The van der Waals surface area contributed by atoms with Gasteiger partial charge in [-0.1, -0.05) is 19.9 Å². The van der Waals surface area contributed by atoms with Gasteiger partial charge in [-0.2, -0.15) is 0 Å². The fourth-order valence-electron chi connectivity index (χ4n) is 1.71. The second-order valence-electron chi connectivity index (χ2n) is 5.13. The Kier molecular flexibility index (Phi) is 4.90. The molecular formula is C13H22N2O. The molecule has 1 N–H and O–H groups in total. The number of aliphatic hydroxyl groups excluding tert-OH is 1. The van der Waals surface area contributed by atoms with Crippen molar-refractivity contribution in [1.29, 1.82) is 0 Å². The molecule has 0 aromatic carbocycles. The molecule has 90 valence electrons. The zero-order valence-electron chi connectivity index (χ0n) is 10.5. The number of aromatic nitrogens is 1. The van der Waals surface area contributed by atoms with E-state index in [4.69, 9.17) is 0 Å². The van der Waals surface area contributed by atoms with E-state index in [2.05, 4.69) is 30.8 Å². The first-order chi connectivity index (χ1) is 7.53. The Morgan fingerprint density at radius 1 is 1.38 bits per heavy atom. The molecule has 1 rings (SSSR count). The van der Waals surface area contributed by atoms with E-state index in [1.807, 2.05) is 24.4 Å². The monoisotopic (exact) mass is 222 g/mol. The van der Waals surface area contributed by atoms with Crippen LogP contribution in [0.3, 0.4) is 0 Å². The van der Waals surface area contributed by atoms with Crippen LogP contribution >= 0.6 is 0 Å². The highest BCUT2D eigenvalue weighted by molar-refractivity contribution is 5.03. The lowest BCUT2D eigenvalue weighted by molar-refractivity contribution is 0.116. The number of aliphatic hydroxyl groups is 1. The molecule has 0 saturated carbocycles. The third-order valence-corrected chi connectivity index (χ3v) is 2.60. The summed E-state index contributed by atoms with van der Waals surface area (Å²) < 4.78 is 0. The average Bonchev–Trinajstić information content (AvgIpc) is 2.27. The first kappa shape index (κ1) is 13.1. The topological polar surface area (TPSA) is 36.4 Å². The molecule has 0 unspecified atom stereocenters. The summed E-state index contributed by atoms with van der Waals surface area (Å²) in [4.78, 5) is 6.53. The maximum Gasteiger partial charge on any atom is 0.0494 e. The van der Waals surface area contributed by atoms with Crippen molar-refractivity contribution in [1.82, 2.24) is 9.88 Å². The number of nitrogens with zero attached hydrogens (tertiary/aromatic N) is 2. The largest absolute Gasteiger partial charge is 0.396 e. The van der Waals surface area contributed by atoms with Crippen LogP contribution in [0.1, 0.15) is 19.5 Å². The molecule has 1 aromatic rings. The zero-order valence-corrected chi connectivity index (χ0v) is 10.5. The average molecular weight is 222 g/mol. The van der Waals surface area contributed by atoms with Gasteiger partial charge in [0.2, 0.25) is 0 Å². The maximum atomic E-state index is 9.19. The fraction of sp³-hybridized carbons (Fsp3) is 0.615. The van der Waals surface area contributed by atoms with Crippen molar-refractivity contribution < 1.29 is 5.11 Å². The lowest BCUT2D eigenvalue weighted by Crippen LogP contribution is -2.35. The molecule has 0 saturated heterocycles. The summed E-state index contributed by atoms with van der Waals surface area (Å²) in [5, 5.41) is 9.19. The van der Waals surface area contributed by atoms with Gasteiger partial charge < -0.3 is 10.0 Å². The minimum atomic E-state index is -0.0289. The molecule has 0 aliphatic rings. The van der Waals surface area contributed by atoms with Crippen LogP contribution in [0.4, 0.5) is 0 Å². The lowest BCUT2D eigenvalue weighted by Gasteiger charge is -2.28. The van der Waals surface area contributed by atoms with Gasteiger partial charge in [0.1, 0.15) is 0 Å². The molecule has 0 atom stereocenters. The van der Waals surface area contributed by atoms with Crippen LogP contribution in [0.5, 0.6) is 0 Å². The predicted octanol–water partition coefficient (Wildman–Crippen LogP) is 1.57. The van der Waals surface area contributed by atoms with Gasteiger partial charge in [0, 0.05) is 43.4 Å². The highest BCUT2D eigenvalue weighted by Gasteiger charge is 2.18. The Labute approximate surface area is 98.1 Å². The molecule has 0 aliphatic carbocycles. The molecule has 1 aromatic heterocycles. The van der Waals surface area contributed by atoms with Gasteiger partial charge in [-0.3, -0.25) is 4.98 Å². The summed E-state index contributed by atoms with van der Waals surface area (Å²) in [5.74, 6) is 0. The summed E-state index contributed by atoms with van der Waals surface area (Å²) in [5.41, 5.74) is 1.09. The highest BCUT2D eigenvalue weighted by Crippen LogP contribution is 2.14. The van der Waals surface area contributed by atoms with Crippen molar-refractivity contribution in [2.75, 3.05) is 26.7 Å². The van der Waals surface area contributed by atoms with Crippen LogP contribution in [0.2, 0.25) is 0 Å². The van der Waals surface area contributed by atoms with E-state index >= 15 is 0 Å². The van der Waals surface area contributed by atoms with Crippen molar-refractivity contribution in [2.45, 2.75) is 20.3 Å². The maximum absolute atomic E-state index is 9.19. The van der Waals surface area contributed by atoms with Crippen LogP contribution < -0.4 is 0 Å². The van der Waals surface area contributed by atoms with Gasteiger partial charge in [-0.25, -0.2) is 0 Å². The van der Waals surface area contributed by atoms with Crippen LogP contribution in [-0.2, 0) is 6.42 Å². The Hall–Kier alpha value is -0.930. The van der Waals surface area contributed by atoms with Crippen LogP contribution in [0, 0.1) is 5.41 Å². The van der Waals surface area contributed by atoms with Gasteiger partial charge in [-0.15, -0.1) is 0 Å². The third-order valence-electron chi connectivity index (χ3n) is 2.60. The van der Waals surface area contributed by atoms with Crippen molar-refractivity contribution >= 4 is 0 Å². The van der Waals surface area contributed by atoms with E-state index in [0.717, 1.165) is 25.2 Å². The third kappa shape index (κ3) is 4.73. The summed E-state index contributed by atoms with van der Waals surface area (Å²) in [6, 6.07) is 5.99. The minimum absolute atomic E-state index is 0.0289. The second kappa shape index (κ2) is 5.97. The number of pyridine rings is 1. The molecule has 1 heterocycles. The molecule has 3 heteroatoms. The summed E-state index contributed by atoms with van der Waals surface area (Å²) >= 11 is 0. The molecule has 16 heavy (non-hydrogen) atoms. The van der Waals surface area contributed by atoms with Crippen LogP contribution in [0.25, 0.3) is 0 Å². The van der Waals surface area contributed by atoms with Gasteiger partial charge in [0.05, 0.1) is 0 Å². The fourth-order valence-corrected chi connectivity index (χ4v) is 1.71. The van der Waals surface area contributed by atoms with Crippen molar-refractivity contribution in [3.05, 3.63) is 30.1 Å². The van der Waals surface area contributed by atoms with Gasteiger partial charge in [-0.05, 0) is 19.2 Å². The lowest BCUT2D eigenvalue weighted by atomic mass is 9.94. The molecule has 3 nitrogen and oxygen atoms in total. The Morgan fingerprint density at radius 3 is 2.69 bits per heavy atom. The summed E-state index contributed by atoms with van der Waals surface area (Å²) in [6.45, 7) is 6.24. The summed E-state index contributed by atoms with van der Waals surface area (Å²) in [6.07, 6.45) is 2.78. The first-order valence-electron chi connectivity index (χ1n) is 5.73. The number of likely N-dealkylation sites (N-methyl/N-ethyl adjacent to an activating group) is 1. The molecule has 0 aliphatic heterocycles. The second-order valence-corrected chi connectivity index (χ2v) is 5.13. The number of hydrogen-bond donors (Lipinski definition) is 1. The number of hydrogen-bond acceptors (Lipinski definition) is 3. The van der Waals surface area contributed by atoms with Gasteiger partial charge in [0.15, 0.2) is 0 Å². The van der Waals surface area contributed by atoms with Gasteiger partial charge >= 0.3 is 0 Å². The minimum Gasteiger partial charge on any atom is -0.396 e. The zero-order chi connectivity index (χ0) is 12.0. The molecule has 0 spiro atoms. The smallest absolute Gasteiger partial charge is 0.0494 e.